The van der Waals surface area contributed by atoms with Crippen LogP contribution in [0, 0.1) is 0 Å². The van der Waals surface area contributed by atoms with Gasteiger partial charge in [-0.1, -0.05) is 29.2 Å². The van der Waals surface area contributed by atoms with Crippen LogP contribution < -0.4 is 10.1 Å². The molecule has 0 radical (unpaired) electrons. The summed E-state index contributed by atoms with van der Waals surface area (Å²) in [7, 11) is 1.67. The first-order chi connectivity index (χ1) is 11.3. The van der Waals surface area contributed by atoms with Crippen LogP contribution in [0.4, 0.5) is 10.8 Å². The van der Waals surface area contributed by atoms with E-state index >= 15 is 0 Å². The molecule has 0 unspecified atom stereocenters. The van der Waals surface area contributed by atoms with Gasteiger partial charge in [0.15, 0.2) is 9.47 Å². The molecule has 7 heteroatoms. The summed E-state index contributed by atoms with van der Waals surface area (Å²) in [5, 5.41) is 4.25. The van der Waals surface area contributed by atoms with Crippen LogP contribution in [0.2, 0.25) is 0 Å². The lowest BCUT2D eigenvalue weighted by Gasteiger charge is -2.01. The molecule has 2 aromatic carbocycles. The molecule has 0 atom stereocenters. The number of anilines is 2. The highest BCUT2D eigenvalue weighted by atomic mass is 32.2. The number of methoxy groups -OCH3 is 1. The summed E-state index contributed by atoms with van der Waals surface area (Å²) < 4.78 is 8.74. The zero-order valence-electron chi connectivity index (χ0n) is 12.5. The van der Waals surface area contributed by atoms with Crippen molar-refractivity contribution in [3.63, 3.8) is 0 Å². The number of hydrogen-bond donors (Lipinski definition) is 1. The van der Waals surface area contributed by atoms with E-state index in [9.17, 15) is 0 Å². The highest BCUT2D eigenvalue weighted by Gasteiger charge is 2.09. The third-order valence-corrected chi connectivity index (χ3v) is 6.34. The van der Waals surface area contributed by atoms with Crippen molar-refractivity contribution < 1.29 is 4.74 Å². The van der Waals surface area contributed by atoms with Crippen molar-refractivity contribution in [1.29, 1.82) is 0 Å². The van der Waals surface area contributed by atoms with Gasteiger partial charge in [0, 0.05) is 5.69 Å². The summed E-state index contributed by atoms with van der Waals surface area (Å²) in [6, 6.07) is 12.2. The van der Waals surface area contributed by atoms with Gasteiger partial charge in [-0.3, -0.25) is 0 Å². The summed E-state index contributed by atoms with van der Waals surface area (Å²) in [5.41, 5.74) is 2.95. The molecule has 2 heterocycles. The van der Waals surface area contributed by atoms with E-state index in [0.717, 1.165) is 36.6 Å². The second kappa shape index (κ2) is 5.99. The summed E-state index contributed by atoms with van der Waals surface area (Å²) in [6.07, 6.45) is 2.05. The SMILES string of the molecule is COc1cccc2sc(Nc3ccc4nc(SC)sc4c3)nc12. The molecule has 0 aliphatic rings. The molecule has 116 valence electrons. The number of hydrogen-bond acceptors (Lipinski definition) is 7. The first kappa shape index (κ1) is 14.7. The molecule has 4 rings (SSSR count). The molecule has 23 heavy (non-hydrogen) atoms. The molecular weight excluding hydrogens is 346 g/mol. The van der Waals surface area contributed by atoms with Crippen LogP contribution in [-0.2, 0) is 0 Å². The maximum Gasteiger partial charge on any atom is 0.188 e. The Morgan fingerprint density at radius 3 is 2.83 bits per heavy atom. The maximum atomic E-state index is 5.37. The van der Waals surface area contributed by atoms with E-state index in [1.807, 2.05) is 30.5 Å². The zero-order valence-corrected chi connectivity index (χ0v) is 14.9. The van der Waals surface area contributed by atoms with Crippen molar-refractivity contribution in [2.24, 2.45) is 0 Å². The van der Waals surface area contributed by atoms with E-state index in [4.69, 9.17) is 4.74 Å². The fraction of sp³-hybridized carbons (Fsp3) is 0.125. The minimum Gasteiger partial charge on any atom is -0.494 e. The molecule has 0 saturated heterocycles. The normalized spacial score (nSPS) is 11.2. The second-order valence-corrected chi connectivity index (χ2v) is 7.93. The molecule has 0 aliphatic carbocycles. The minimum atomic E-state index is 0.800. The lowest BCUT2D eigenvalue weighted by molar-refractivity contribution is 0.419. The monoisotopic (exact) mass is 359 g/mol. The Kier molecular flexibility index (Phi) is 3.84. The van der Waals surface area contributed by atoms with E-state index in [0.29, 0.717) is 0 Å². The third-order valence-electron chi connectivity index (χ3n) is 3.40. The highest BCUT2D eigenvalue weighted by Crippen LogP contribution is 2.35. The molecule has 0 saturated carbocycles. The fourth-order valence-electron chi connectivity index (χ4n) is 2.33. The van der Waals surface area contributed by atoms with Crippen molar-refractivity contribution >= 4 is 65.7 Å². The van der Waals surface area contributed by atoms with Crippen molar-refractivity contribution in [3.8, 4) is 5.75 Å². The first-order valence-electron chi connectivity index (χ1n) is 6.92. The van der Waals surface area contributed by atoms with Crippen LogP contribution in [0.5, 0.6) is 5.75 Å². The van der Waals surface area contributed by atoms with Gasteiger partial charge in [0.25, 0.3) is 0 Å². The summed E-state index contributed by atoms with van der Waals surface area (Å²) >= 11 is 5.00. The van der Waals surface area contributed by atoms with Gasteiger partial charge >= 0.3 is 0 Å². The summed E-state index contributed by atoms with van der Waals surface area (Å²) in [6.45, 7) is 0. The van der Waals surface area contributed by atoms with Gasteiger partial charge in [-0.15, -0.1) is 11.3 Å². The second-order valence-electron chi connectivity index (χ2n) is 4.82. The molecule has 0 bridgehead atoms. The number of ether oxygens (including phenoxy) is 1. The third kappa shape index (κ3) is 2.75. The number of nitrogens with one attached hydrogen (secondary N) is 1. The van der Waals surface area contributed by atoms with Crippen LogP contribution in [0.15, 0.2) is 40.7 Å². The van der Waals surface area contributed by atoms with Gasteiger partial charge in [0.05, 0.1) is 22.0 Å². The molecule has 0 spiro atoms. The van der Waals surface area contributed by atoms with Crippen LogP contribution in [0.1, 0.15) is 0 Å². The molecule has 1 N–H and O–H groups in total. The number of thiazole rings is 2. The smallest absolute Gasteiger partial charge is 0.188 e. The Morgan fingerprint density at radius 2 is 2.00 bits per heavy atom. The molecule has 0 fully saturated rings. The van der Waals surface area contributed by atoms with Gasteiger partial charge in [-0.25, -0.2) is 9.97 Å². The van der Waals surface area contributed by atoms with Gasteiger partial charge < -0.3 is 10.1 Å². The Labute approximate surface area is 145 Å². The first-order valence-corrected chi connectivity index (χ1v) is 9.78. The number of nitrogens with zero attached hydrogens (tertiary/aromatic N) is 2. The Hall–Kier alpha value is -1.83. The Morgan fingerprint density at radius 1 is 1.09 bits per heavy atom. The Balaban J connectivity index is 1.69. The van der Waals surface area contributed by atoms with Crippen LogP contribution in [-0.4, -0.2) is 23.3 Å². The molecule has 0 amide bonds. The number of fused-ring (bicyclic) bond motifs is 2. The molecular formula is C16H13N3OS3. The number of rotatable bonds is 4. The van der Waals surface area contributed by atoms with Gasteiger partial charge in [0.2, 0.25) is 0 Å². The van der Waals surface area contributed by atoms with E-state index < -0.39 is 0 Å². The standard InChI is InChI=1S/C16H13N3OS3/c1-20-11-4-3-5-12-14(11)19-15(22-12)17-9-6-7-10-13(8-9)23-16(18-10)21-2/h3-8H,1-2H3,(H,17,19). The summed E-state index contributed by atoms with van der Waals surface area (Å²) in [4.78, 5) is 9.21. The molecule has 0 aliphatic heterocycles. The van der Waals surface area contributed by atoms with E-state index in [1.54, 1.807) is 41.5 Å². The van der Waals surface area contributed by atoms with Gasteiger partial charge in [-0.2, -0.15) is 0 Å². The number of benzene rings is 2. The van der Waals surface area contributed by atoms with Crippen molar-refractivity contribution in [2.75, 3.05) is 18.7 Å². The lowest BCUT2D eigenvalue weighted by Crippen LogP contribution is -1.89. The number of para-hydroxylation sites is 1. The van der Waals surface area contributed by atoms with Gasteiger partial charge in [0.1, 0.15) is 11.3 Å². The van der Waals surface area contributed by atoms with Crippen LogP contribution >= 0.6 is 34.4 Å². The van der Waals surface area contributed by atoms with Crippen molar-refractivity contribution in [3.05, 3.63) is 36.4 Å². The zero-order chi connectivity index (χ0) is 15.8. The van der Waals surface area contributed by atoms with Crippen LogP contribution in [0.3, 0.4) is 0 Å². The van der Waals surface area contributed by atoms with Crippen molar-refractivity contribution in [1.82, 2.24) is 9.97 Å². The molecule has 4 nitrogen and oxygen atoms in total. The minimum absolute atomic E-state index is 0.800. The summed E-state index contributed by atoms with van der Waals surface area (Å²) in [5.74, 6) is 0.800. The predicted octanol–water partition coefficient (Wildman–Crippen LogP) is 5.38. The fourth-order valence-corrected chi connectivity index (χ4v) is 4.77. The number of thioether (sulfide) groups is 1. The molecule has 4 aromatic rings. The topological polar surface area (TPSA) is 47.0 Å². The number of aromatic nitrogens is 2. The molecule has 2 aromatic heterocycles. The maximum absolute atomic E-state index is 5.37. The average molecular weight is 360 g/mol. The quantitative estimate of drug-likeness (QED) is 0.496. The largest absolute Gasteiger partial charge is 0.494 e. The van der Waals surface area contributed by atoms with Crippen LogP contribution in [0.25, 0.3) is 20.4 Å². The van der Waals surface area contributed by atoms with E-state index in [1.165, 1.54) is 4.70 Å². The van der Waals surface area contributed by atoms with Crippen molar-refractivity contribution in [2.45, 2.75) is 4.34 Å². The predicted molar refractivity (Wildman–Crippen MR) is 101 cm³/mol. The lowest BCUT2D eigenvalue weighted by atomic mass is 10.3. The van der Waals surface area contributed by atoms with E-state index in [2.05, 4.69) is 27.4 Å². The Bertz CT molecular complexity index is 993. The highest BCUT2D eigenvalue weighted by molar-refractivity contribution is 8.00. The van der Waals surface area contributed by atoms with E-state index in [-0.39, 0.29) is 0 Å². The van der Waals surface area contributed by atoms with Gasteiger partial charge in [-0.05, 0) is 36.6 Å². The average Bonchev–Trinajstić information content (AvgIpc) is 3.16.